The van der Waals surface area contributed by atoms with Crippen molar-refractivity contribution in [1.82, 2.24) is 4.98 Å². The van der Waals surface area contributed by atoms with E-state index in [4.69, 9.17) is 0 Å². The van der Waals surface area contributed by atoms with Crippen molar-refractivity contribution in [3.8, 4) is 0 Å². The zero-order valence-corrected chi connectivity index (χ0v) is 13.1. The molecular weight excluding hydrogens is 286 g/mol. The van der Waals surface area contributed by atoms with E-state index in [1.807, 2.05) is 20.8 Å². The first-order valence-corrected chi connectivity index (χ1v) is 8.07. The number of rotatable bonds is 4. The largest absolute Gasteiger partial charge is 0.365 e. The minimum absolute atomic E-state index is 0.0991. The van der Waals surface area contributed by atoms with Gasteiger partial charge in [0.15, 0.2) is 0 Å². The van der Waals surface area contributed by atoms with Crippen molar-refractivity contribution in [3.63, 3.8) is 0 Å². The summed E-state index contributed by atoms with van der Waals surface area (Å²) in [6.45, 7) is 6.09. The molecule has 6 heteroatoms. The van der Waals surface area contributed by atoms with Gasteiger partial charge in [0.05, 0.1) is 16.8 Å². The van der Waals surface area contributed by atoms with Gasteiger partial charge in [0.2, 0.25) is 0 Å². The molecule has 21 heavy (non-hydrogen) atoms. The van der Waals surface area contributed by atoms with E-state index in [-0.39, 0.29) is 10.4 Å². The second-order valence-electron chi connectivity index (χ2n) is 5.73. The van der Waals surface area contributed by atoms with E-state index in [0.29, 0.717) is 11.5 Å². The zero-order chi connectivity index (χ0) is 15.5. The molecule has 0 saturated carbocycles. The van der Waals surface area contributed by atoms with Crippen LogP contribution in [0, 0.1) is 0 Å². The predicted octanol–water partition coefficient (Wildman–Crippen LogP) is 3.09. The monoisotopic (exact) mass is 305 g/mol. The SMILES string of the molecule is CC(C)(C)Nc1ccc(NS(=O)(=O)c2ccccc2)cn1. The van der Waals surface area contributed by atoms with Crippen LogP contribution in [0.4, 0.5) is 11.5 Å². The van der Waals surface area contributed by atoms with Crippen molar-refractivity contribution in [2.45, 2.75) is 31.2 Å². The van der Waals surface area contributed by atoms with E-state index in [0.717, 1.165) is 0 Å². The summed E-state index contributed by atoms with van der Waals surface area (Å²) in [5.74, 6) is 0.699. The van der Waals surface area contributed by atoms with Crippen LogP contribution >= 0.6 is 0 Å². The fraction of sp³-hybridized carbons (Fsp3) is 0.267. The lowest BCUT2D eigenvalue weighted by molar-refractivity contribution is 0.601. The summed E-state index contributed by atoms with van der Waals surface area (Å²) in [6.07, 6.45) is 1.49. The molecule has 112 valence electrons. The lowest BCUT2D eigenvalue weighted by Crippen LogP contribution is -2.26. The van der Waals surface area contributed by atoms with Gasteiger partial charge in [-0.25, -0.2) is 13.4 Å². The molecule has 0 aliphatic heterocycles. The van der Waals surface area contributed by atoms with Crippen LogP contribution in [-0.4, -0.2) is 18.9 Å². The molecule has 2 aromatic rings. The van der Waals surface area contributed by atoms with Crippen LogP contribution in [0.15, 0.2) is 53.6 Å². The Bertz CT molecular complexity index is 690. The van der Waals surface area contributed by atoms with Gasteiger partial charge in [-0.2, -0.15) is 0 Å². The first-order valence-electron chi connectivity index (χ1n) is 6.58. The van der Waals surface area contributed by atoms with Gasteiger partial charge in [-0.3, -0.25) is 4.72 Å². The highest BCUT2D eigenvalue weighted by atomic mass is 32.2. The minimum Gasteiger partial charge on any atom is -0.365 e. The Kier molecular flexibility index (Phi) is 4.18. The van der Waals surface area contributed by atoms with Gasteiger partial charge in [-0.1, -0.05) is 18.2 Å². The van der Waals surface area contributed by atoms with Crippen molar-refractivity contribution in [3.05, 3.63) is 48.7 Å². The highest BCUT2D eigenvalue weighted by molar-refractivity contribution is 7.92. The highest BCUT2D eigenvalue weighted by Crippen LogP contribution is 2.18. The number of hydrogen-bond donors (Lipinski definition) is 2. The zero-order valence-electron chi connectivity index (χ0n) is 12.3. The average Bonchev–Trinajstić information content (AvgIpc) is 2.40. The van der Waals surface area contributed by atoms with Crippen LogP contribution in [0.2, 0.25) is 0 Å². The maximum atomic E-state index is 12.2. The number of nitrogens with zero attached hydrogens (tertiary/aromatic N) is 1. The average molecular weight is 305 g/mol. The molecule has 5 nitrogen and oxygen atoms in total. The molecule has 2 rings (SSSR count). The van der Waals surface area contributed by atoms with Gasteiger partial charge < -0.3 is 5.32 Å². The number of pyridine rings is 1. The molecule has 2 N–H and O–H groups in total. The Morgan fingerprint density at radius 3 is 2.19 bits per heavy atom. The van der Waals surface area contributed by atoms with Gasteiger partial charge in [0.1, 0.15) is 5.82 Å². The summed E-state index contributed by atoms with van der Waals surface area (Å²) >= 11 is 0. The van der Waals surface area contributed by atoms with Crippen LogP contribution < -0.4 is 10.0 Å². The van der Waals surface area contributed by atoms with Gasteiger partial charge >= 0.3 is 0 Å². The van der Waals surface area contributed by atoms with E-state index >= 15 is 0 Å². The fourth-order valence-corrected chi connectivity index (χ4v) is 2.79. The molecule has 0 saturated heterocycles. The Morgan fingerprint density at radius 1 is 1.00 bits per heavy atom. The number of hydrogen-bond acceptors (Lipinski definition) is 4. The third-order valence-corrected chi connectivity index (χ3v) is 3.97. The Hall–Kier alpha value is -2.08. The van der Waals surface area contributed by atoms with Crippen molar-refractivity contribution in [1.29, 1.82) is 0 Å². The second kappa shape index (κ2) is 5.73. The second-order valence-corrected chi connectivity index (χ2v) is 7.41. The number of nitrogens with one attached hydrogen (secondary N) is 2. The number of anilines is 2. The van der Waals surface area contributed by atoms with E-state index < -0.39 is 10.0 Å². The molecule has 0 fully saturated rings. The summed E-state index contributed by atoms with van der Waals surface area (Å²) in [5.41, 5.74) is 0.330. The molecule has 0 unspecified atom stereocenters. The first kappa shape index (κ1) is 15.3. The van der Waals surface area contributed by atoms with Crippen LogP contribution in [0.25, 0.3) is 0 Å². The molecular formula is C15H19N3O2S. The summed E-state index contributed by atoms with van der Waals surface area (Å²) in [7, 11) is -3.57. The topological polar surface area (TPSA) is 71.1 Å². The van der Waals surface area contributed by atoms with Gasteiger partial charge in [-0.15, -0.1) is 0 Å². The minimum atomic E-state index is -3.57. The Labute approximate surface area is 125 Å². The predicted molar refractivity (Wildman–Crippen MR) is 84.9 cm³/mol. The molecule has 1 aromatic carbocycles. The van der Waals surface area contributed by atoms with Crippen molar-refractivity contribution in [2.75, 3.05) is 10.0 Å². The molecule has 1 heterocycles. The Morgan fingerprint density at radius 2 is 1.67 bits per heavy atom. The summed E-state index contributed by atoms with van der Waals surface area (Å²) in [5, 5.41) is 3.21. The summed E-state index contributed by atoms with van der Waals surface area (Å²) in [4.78, 5) is 4.43. The maximum Gasteiger partial charge on any atom is 0.261 e. The standard InChI is InChI=1S/C15H19N3O2S/c1-15(2,3)17-14-10-9-12(11-16-14)18-21(19,20)13-7-5-4-6-8-13/h4-11,18H,1-3H3,(H,16,17). The van der Waals surface area contributed by atoms with Crippen molar-refractivity contribution in [2.24, 2.45) is 0 Å². The van der Waals surface area contributed by atoms with Crippen LogP contribution in [0.3, 0.4) is 0 Å². The highest BCUT2D eigenvalue weighted by Gasteiger charge is 2.14. The van der Waals surface area contributed by atoms with E-state index in [1.54, 1.807) is 42.5 Å². The lowest BCUT2D eigenvalue weighted by Gasteiger charge is -2.21. The molecule has 0 radical (unpaired) electrons. The third-order valence-electron chi connectivity index (χ3n) is 2.57. The molecule has 0 aliphatic rings. The van der Waals surface area contributed by atoms with Gasteiger partial charge in [0.25, 0.3) is 10.0 Å². The first-order chi connectivity index (χ1) is 9.76. The molecule has 0 atom stereocenters. The van der Waals surface area contributed by atoms with Gasteiger partial charge in [-0.05, 0) is 45.0 Å². The van der Waals surface area contributed by atoms with Gasteiger partial charge in [0, 0.05) is 5.54 Å². The summed E-state index contributed by atoms with van der Waals surface area (Å²) in [6, 6.07) is 11.7. The molecule has 0 spiro atoms. The Balaban J connectivity index is 2.14. The smallest absolute Gasteiger partial charge is 0.261 e. The lowest BCUT2D eigenvalue weighted by atomic mass is 10.1. The molecule has 0 bridgehead atoms. The van der Waals surface area contributed by atoms with Crippen LogP contribution in [-0.2, 0) is 10.0 Å². The number of aromatic nitrogens is 1. The number of benzene rings is 1. The quantitative estimate of drug-likeness (QED) is 0.910. The molecule has 0 aliphatic carbocycles. The van der Waals surface area contributed by atoms with Crippen molar-refractivity contribution >= 4 is 21.5 Å². The van der Waals surface area contributed by atoms with E-state index in [2.05, 4.69) is 15.0 Å². The van der Waals surface area contributed by atoms with Crippen LogP contribution in [0.5, 0.6) is 0 Å². The normalized spacial score (nSPS) is 12.0. The van der Waals surface area contributed by atoms with E-state index in [1.165, 1.54) is 6.20 Å². The van der Waals surface area contributed by atoms with Crippen molar-refractivity contribution < 1.29 is 8.42 Å². The van der Waals surface area contributed by atoms with E-state index in [9.17, 15) is 8.42 Å². The molecule has 0 amide bonds. The molecule has 1 aromatic heterocycles. The number of sulfonamides is 1. The maximum absolute atomic E-state index is 12.2. The van der Waals surface area contributed by atoms with Crippen LogP contribution in [0.1, 0.15) is 20.8 Å². The summed E-state index contributed by atoms with van der Waals surface area (Å²) < 4.78 is 26.8. The fourth-order valence-electron chi connectivity index (χ4n) is 1.73. The third kappa shape index (κ3) is 4.46.